The number of alkyl halides is 2. The van der Waals surface area contributed by atoms with Gasteiger partial charge in [0, 0.05) is 16.7 Å². The van der Waals surface area contributed by atoms with Gasteiger partial charge in [-0.25, -0.2) is 13.6 Å². The summed E-state index contributed by atoms with van der Waals surface area (Å²) in [6, 6.07) is 11.3. The monoisotopic (exact) mass is 404 g/mol. The average Bonchev–Trinajstić information content (AvgIpc) is 2.72. The molecule has 0 saturated heterocycles. The van der Waals surface area contributed by atoms with Crippen molar-refractivity contribution in [2.24, 2.45) is 10.3 Å². The van der Waals surface area contributed by atoms with Crippen molar-refractivity contribution in [3.8, 4) is 0 Å². The van der Waals surface area contributed by atoms with Crippen LogP contribution in [0.15, 0.2) is 52.8 Å². The van der Waals surface area contributed by atoms with E-state index >= 15 is 0 Å². The summed E-state index contributed by atoms with van der Waals surface area (Å²) >= 11 is 0. The zero-order valence-electron chi connectivity index (χ0n) is 16.6. The van der Waals surface area contributed by atoms with E-state index in [2.05, 4.69) is 10.3 Å². The van der Waals surface area contributed by atoms with Crippen LogP contribution in [-0.2, 0) is 25.8 Å². The Labute approximate surface area is 167 Å². The third-order valence-electron chi connectivity index (χ3n) is 4.19. The third kappa shape index (κ3) is 5.60. The standard InChI is InChI=1S/C21H22F2N2O4/c1-13-7-5-10-17(19(25-28-4)21(26)27-3)18(13)12-29-24-14(2)15-8-6-9-16(11-15)20(22)23/h5-11,20H,12H2,1-4H3/b24-14+,25-19+. The maximum absolute atomic E-state index is 12.9. The molecule has 0 bridgehead atoms. The first-order valence-corrected chi connectivity index (χ1v) is 8.72. The Bertz CT molecular complexity index is 927. The number of esters is 1. The molecule has 0 aromatic heterocycles. The van der Waals surface area contributed by atoms with Crippen LogP contribution in [0, 0.1) is 6.92 Å². The van der Waals surface area contributed by atoms with Gasteiger partial charge in [-0.05, 0) is 31.0 Å². The second-order valence-electron chi connectivity index (χ2n) is 6.09. The van der Waals surface area contributed by atoms with E-state index in [0.717, 1.165) is 5.56 Å². The Balaban J connectivity index is 2.27. The van der Waals surface area contributed by atoms with Crippen molar-refractivity contribution in [2.75, 3.05) is 14.2 Å². The van der Waals surface area contributed by atoms with E-state index in [1.54, 1.807) is 31.2 Å². The van der Waals surface area contributed by atoms with Crippen molar-refractivity contribution < 1.29 is 28.0 Å². The summed E-state index contributed by atoms with van der Waals surface area (Å²) in [5, 5.41) is 7.79. The van der Waals surface area contributed by atoms with E-state index < -0.39 is 12.4 Å². The van der Waals surface area contributed by atoms with Crippen molar-refractivity contribution in [1.82, 2.24) is 0 Å². The lowest BCUT2D eigenvalue weighted by Gasteiger charge is -2.12. The van der Waals surface area contributed by atoms with Crippen LogP contribution in [0.2, 0.25) is 0 Å². The first-order valence-electron chi connectivity index (χ1n) is 8.72. The molecule has 0 amide bonds. The van der Waals surface area contributed by atoms with Gasteiger partial charge in [0.05, 0.1) is 12.8 Å². The number of benzene rings is 2. The number of methoxy groups -OCH3 is 1. The van der Waals surface area contributed by atoms with Gasteiger partial charge >= 0.3 is 5.97 Å². The van der Waals surface area contributed by atoms with Crippen LogP contribution in [-0.4, -0.2) is 31.6 Å². The maximum atomic E-state index is 12.9. The lowest BCUT2D eigenvalue weighted by atomic mass is 9.99. The van der Waals surface area contributed by atoms with E-state index in [1.807, 2.05) is 13.0 Å². The van der Waals surface area contributed by atoms with Crippen molar-refractivity contribution in [3.63, 3.8) is 0 Å². The normalized spacial score (nSPS) is 12.1. The molecule has 2 aromatic rings. The molecule has 8 heteroatoms. The van der Waals surface area contributed by atoms with E-state index in [9.17, 15) is 13.6 Å². The molecule has 0 aliphatic carbocycles. The van der Waals surface area contributed by atoms with Gasteiger partial charge in [-0.1, -0.05) is 46.7 Å². The summed E-state index contributed by atoms with van der Waals surface area (Å²) in [5.74, 6) is -0.651. The molecule has 0 unspecified atom stereocenters. The Morgan fingerprint density at radius 2 is 1.83 bits per heavy atom. The fraction of sp³-hybridized carbons (Fsp3) is 0.286. The first kappa shape index (κ1) is 22.0. The number of carbonyl (C=O) groups excluding carboxylic acids is 1. The van der Waals surface area contributed by atoms with Crippen LogP contribution in [0.1, 0.15) is 41.2 Å². The number of aryl methyl sites for hydroxylation is 1. The minimum atomic E-state index is -2.56. The summed E-state index contributed by atoms with van der Waals surface area (Å²) < 4.78 is 30.5. The average molecular weight is 404 g/mol. The summed E-state index contributed by atoms with van der Waals surface area (Å²) in [6.07, 6.45) is -2.56. The number of hydrogen-bond acceptors (Lipinski definition) is 6. The molecular formula is C21H22F2N2O4. The zero-order valence-corrected chi connectivity index (χ0v) is 16.6. The highest BCUT2D eigenvalue weighted by Gasteiger charge is 2.20. The fourth-order valence-electron chi connectivity index (χ4n) is 2.65. The second kappa shape index (κ2) is 10.3. The largest absolute Gasteiger partial charge is 0.464 e. The van der Waals surface area contributed by atoms with Crippen LogP contribution in [0.4, 0.5) is 8.78 Å². The number of halogens is 2. The Morgan fingerprint density at radius 1 is 1.10 bits per heavy atom. The molecule has 29 heavy (non-hydrogen) atoms. The van der Waals surface area contributed by atoms with E-state index in [1.165, 1.54) is 26.4 Å². The number of hydrogen-bond donors (Lipinski definition) is 0. The van der Waals surface area contributed by atoms with E-state index in [-0.39, 0.29) is 17.9 Å². The third-order valence-corrected chi connectivity index (χ3v) is 4.19. The van der Waals surface area contributed by atoms with E-state index in [0.29, 0.717) is 22.4 Å². The highest BCUT2D eigenvalue weighted by Crippen LogP contribution is 2.21. The molecule has 0 fully saturated rings. The smallest absolute Gasteiger partial charge is 0.360 e. The molecule has 6 nitrogen and oxygen atoms in total. The molecule has 154 valence electrons. The predicted molar refractivity (Wildman–Crippen MR) is 105 cm³/mol. The summed E-state index contributed by atoms with van der Waals surface area (Å²) in [5.41, 5.74) is 2.91. The molecule has 2 rings (SSSR count). The molecule has 0 heterocycles. The van der Waals surface area contributed by atoms with Gasteiger partial charge < -0.3 is 14.4 Å². The molecule has 0 saturated carbocycles. The number of carbonyl (C=O) groups is 1. The van der Waals surface area contributed by atoms with Crippen LogP contribution in [0.3, 0.4) is 0 Å². The zero-order chi connectivity index (χ0) is 21.4. The molecule has 0 spiro atoms. The number of nitrogens with zero attached hydrogens (tertiary/aromatic N) is 2. The summed E-state index contributed by atoms with van der Waals surface area (Å²) in [7, 11) is 2.58. The predicted octanol–water partition coefficient (Wildman–Crippen LogP) is 4.40. The van der Waals surface area contributed by atoms with Gasteiger partial charge in [0.25, 0.3) is 6.43 Å². The topological polar surface area (TPSA) is 69.5 Å². The Kier molecular flexibility index (Phi) is 7.82. The number of ether oxygens (including phenoxy) is 1. The number of rotatable bonds is 8. The van der Waals surface area contributed by atoms with Crippen LogP contribution >= 0.6 is 0 Å². The summed E-state index contributed by atoms with van der Waals surface area (Å²) in [4.78, 5) is 22.3. The highest BCUT2D eigenvalue weighted by molar-refractivity contribution is 6.43. The van der Waals surface area contributed by atoms with Crippen LogP contribution in [0.5, 0.6) is 0 Å². The van der Waals surface area contributed by atoms with Crippen molar-refractivity contribution >= 4 is 17.4 Å². The maximum Gasteiger partial charge on any atom is 0.360 e. The van der Waals surface area contributed by atoms with Gasteiger partial charge in [-0.15, -0.1) is 0 Å². The molecule has 0 atom stereocenters. The van der Waals surface area contributed by atoms with E-state index in [4.69, 9.17) is 14.4 Å². The SMILES string of the molecule is CO/N=C(/C(=O)OC)c1cccc(C)c1CO/N=C(\C)c1cccc(C(F)F)c1. The Hall–Kier alpha value is -3.29. The molecule has 0 N–H and O–H groups in total. The van der Waals surface area contributed by atoms with Crippen molar-refractivity contribution in [3.05, 3.63) is 70.3 Å². The summed E-state index contributed by atoms with van der Waals surface area (Å²) in [6.45, 7) is 3.55. The minimum Gasteiger partial charge on any atom is -0.464 e. The highest BCUT2D eigenvalue weighted by atomic mass is 19.3. The van der Waals surface area contributed by atoms with Gasteiger partial charge in [-0.3, -0.25) is 0 Å². The lowest BCUT2D eigenvalue weighted by Crippen LogP contribution is -2.20. The van der Waals surface area contributed by atoms with Crippen LogP contribution in [0.25, 0.3) is 0 Å². The molecule has 0 aliphatic rings. The molecular weight excluding hydrogens is 382 g/mol. The second-order valence-corrected chi connectivity index (χ2v) is 6.09. The van der Waals surface area contributed by atoms with Crippen LogP contribution < -0.4 is 0 Å². The van der Waals surface area contributed by atoms with Crippen molar-refractivity contribution in [2.45, 2.75) is 26.9 Å². The lowest BCUT2D eigenvalue weighted by molar-refractivity contribution is -0.132. The molecule has 0 aliphatic heterocycles. The molecule has 0 radical (unpaired) electrons. The van der Waals surface area contributed by atoms with Gasteiger partial charge in [0.15, 0.2) is 5.71 Å². The molecule has 2 aromatic carbocycles. The quantitative estimate of drug-likeness (QED) is 0.372. The number of oxime groups is 2. The first-order chi connectivity index (χ1) is 13.9. The van der Waals surface area contributed by atoms with Gasteiger partial charge in [0.2, 0.25) is 0 Å². The van der Waals surface area contributed by atoms with Gasteiger partial charge in [-0.2, -0.15) is 0 Å². The van der Waals surface area contributed by atoms with Crippen molar-refractivity contribution in [1.29, 1.82) is 0 Å². The minimum absolute atomic E-state index is 0.00244. The van der Waals surface area contributed by atoms with Gasteiger partial charge in [0.1, 0.15) is 13.7 Å². The Morgan fingerprint density at radius 3 is 2.48 bits per heavy atom. The fourth-order valence-corrected chi connectivity index (χ4v) is 2.65.